The van der Waals surface area contributed by atoms with E-state index in [0.717, 1.165) is 10.5 Å². The Balaban J connectivity index is 2.03. The topological polar surface area (TPSA) is 116 Å². The van der Waals surface area contributed by atoms with Gasteiger partial charge in [0, 0.05) is 16.2 Å². The molecule has 8 heteroatoms. The monoisotopic (exact) mass is 375 g/mol. The molecule has 24 heavy (non-hydrogen) atoms. The summed E-state index contributed by atoms with van der Waals surface area (Å²) in [4.78, 5) is 0.988. The van der Waals surface area contributed by atoms with Crippen molar-refractivity contribution in [3.63, 3.8) is 0 Å². The highest BCUT2D eigenvalue weighted by Gasteiger charge is 2.46. The van der Waals surface area contributed by atoms with E-state index in [1.54, 1.807) is 6.26 Å². The van der Waals surface area contributed by atoms with E-state index in [-0.39, 0.29) is 11.9 Å². The molecule has 1 aliphatic heterocycles. The van der Waals surface area contributed by atoms with Gasteiger partial charge in [0.25, 0.3) is 0 Å². The van der Waals surface area contributed by atoms with Crippen LogP contribution >= 0.6 is 23.5 Å². The second kappa shape index (κ2) is 8.86. The molecule has 2 rings (SSSR count). The van der Waals surface area contributed by atoms with Crippen LogP contribution in [0.2, 0.25) is 0 Å². The number of hydrogen-bond donors (Lipinski definition) is 5. The van der Waals surface area contributed by atoms with Gasteiger partial charge in [-0.15, -0.1) is 23.5 Å². The number of benzene rings is 1. The third-order valence-corrected chi connectivity index (χ3v) is 6.27. The molecule has 1 aliphatic rings. The van der Waals surface area contributed by atoms with Crippen LogP contribution in [-0.4, -0.2) is 67.8 Å². The molecule has 6 N–H and O–H groups in total. The largest absolute Gasteiger partial charge is 0.392 e. The van der Waals surface area contributed by atoms with Crippen LogP contribution in [0.5, 0.6) is 0 Å². The Kier molecular flexibility index (Phi) is 7.39. The minimum atomic E-state index is -1.28. The summed E-state index contributed by atoms with van der Waals surface area (Å²) in [6.07, 6.45) is -2.67. The van der Waals surface area contributed by atoms with E-state index in [1.165, 1.54) is 23.5 Å². The first-order valence-electron chi connectivity index (χ1n) is 7.73. The lowest BCUT2D eigenvalue weighted by Gasteiger charge is -2.43. The summed E-state index contributed by atoms with van der Waals surface area (Å²) in [6.45, 7) is 1.93. The van der Waals surface area contributed by atoms with Crippen LogP contribution in [0.4, 0.5) is 0 Å². The van der Waals surface area contributed by atoms with Crippen molar-refractivity contribution in [1.29, 1.82) is 0 Å². The highest BCUT2D eigenvalue weighted by Crippen LogP contribution is 2.32. The predicted molar refractivity (Wildman–Crippen MR) is 95.9 cm³/mol. The van der Waals surface area contributed by atoms with Crippen molar-refractivity contribution in [3.8, 4) is 0 Å². The van der Waals surface area contributed by atoms with Crippen LogP contribution < -0.4 is 5.73 Å². The molecule has 136 valence electrons. The van der Waals surface area contributed by atoms with Gasteiger partial charge in [-0.05, 0) is 24.0 Å². The second-order valence-corrected chi connectivity index (χ2v) is 8.27. The standard InChI is InChI=1S/C16H25NO5S2/c1-8(24-10-5-3-9(7-18)4-6-10)11(17)15-13(20)12(19)14(21)16(22-15)23-2/h3-6,8,11-16,18-21H,7,17H2,1-2H3/t8-,11+,12+,13?,14+,15+,16?/m0/s1. The first-order valence-corrected chi connectivity index (χ1v) is 9.90. The van der Waals surface area contributed by atoms with Crippen molar-refractivity contribution in [2.45, 2.75) is 59.6 Å². The summed E-state index contributed by atoms with van der Waals surface area (Å²) in [6, 6.07) is 6.97. The predicted octanol–water partition coefficient (Wildman–Crippen LogP) is 0.157. The Labute approximate surface area is 150 Å². The van der Waals surface area contributed by atoms with E-state index in [1.807, 2.05) is 31.2 Å². The number of thioether (sulfide) groups is 2. The lowest BCUT2D eigenvalue weighted by Crippen LogP contribution is -2.62. The molecule has 1 aromatic carbocycles. The van der Waals surface area contributed by atoms with Gasteiger partial charge in [-0.25, -0.2) is 0 Å². The Hall–Kier alpha value is -0.320. The Morgan fingerprint density at radius 3 is 2.29 bits per heavy atom. The van der Waals surface area contributed by atoms with Gasteiger partial charge in [0.1, 0.15) is 29.9 Å². The maximum absolute atomic E-state index is 10.2. The van der Waals surface area contributed by atoms with Gasteiger partial charge in [0.05, 0.1) is 6.61 Å². The fourth-order valence-electron chi connectivity index (χ4n) is 2.62. The van der Waals surface area contributed by atoms with E-state index in [2.05, 4.69) is 0 Å². The molecule has 0 spiro atoms. The van der Waals surface area contributed by atoms with E-state index >= 15 is 0 Å². The first-order chi connectivity index (χ1) is 11.4. The van der Waals surface area contributed by atoms with Crippen LogP contribution in [0.1, 0.15) is 12.5 Å². The molecule has 6 nitrogen and oxygen atoms in total. The molecule has 0 radical (unpaired) electrons. The molecular weight excluding hydrogens is 350 g/mol. The summed E-state index contributed by atoms with van der Waals surface area (Å²) < 4.78 is 5.72. The Morgan fingerprint density at radius 2 is 1.75 bits per heavy atom. The van der Waals surface area contributed by atoms with Crippen molar-refractivity contribution < 1.29 is 25.2 Å². The average Bonchev–Trinajstić information content (AvgIpc) is 2.60. The van der Waals surface area contributed by atoms with Gasteiger partial charge in [-0.3, -0.25) is 0 Å². The first kappa shape index (κ1) is 20.0. The molecule has 2 unspecified atom stereocenters. The zero-order valence-corrected chi connectivity index (χ0v) is 15.3. The van der Waals surface area contributed by atoms with E-state index in [4.69, 9.17) is 15.6 Å². The minimum Gasteiger partial charge on any atom is -0.392 e. The normalized spacial score (nSPS) is 33.2. The van der Waals surface area contributed by atoms with E-state index in [0.29, 0.717) is 0 Å². The van der Waals surface area contributed by atoms with Crippen LogP contribution in [0, 0.1) is 0 Å². The Morgan fingerprint density at radius 1 is 1.12 bits per heavy atom. The summed E-state index contributed by atoms with van der Waals surface area (Å²) >= 11 is 2.80. The zero-order valence-electron chi connectivity index (χ0n) is 13.6. The third-order valence-electron chi connectivity index (χ3n) is 4.19. The highest BCUT2D eigenvalue weighted by molar-refractivity contribution is 8.00. The lowest BCUT2D eigenvalue weighted by molar-refractivity contribution is -0.202. The average molecular weight is 376 g/mol. The molecule has 0 saturated carbocycles. The Bertz CT molecular complexity index is 516. The van der Waals surface area contributed by atoms with E-state index < -0.39 is 35.9 Å². The molecule has 1 saturated heterocycles. The molecular formula is C16H25NO5S2. The van der Waals surface area contributed by atoms with Gasteiger partial charge in [-0.1, -0.05) is 19.1 Å². The number of ether oxygens (including phenoxy) is 1. The summed E-state index contributed by atoms with van der Waals surface area (Å²) in [5, 5.41) is 39.1. The van der Waals surface area contributed by atoms with E-state index in [9.17, 15) is 15.3 Å². The van der Waals surface area contributed by atoms with Crippen molar-refractivity contribution in [1.82, 2.24) is 0 Å². The van der Waals surface area contributed by atoms with Crippen molar-refractivity contribution in [2.24, 2.45) is 5.73 Å². The second-order valence-electron chi connectivity index (χ2n) is 5.88. The minimum absolute atomic E-state index is 0.00158. The quantitative estimate of drug-likeness (QED) is 0.447. The molecule has 1 fully saturated rings. The van der Waals surface area contributed by atoms with Gasteiger partial charge in [0.15, 0.2) is 0 Å². The lowest BCUT2D eigenvalue weighted by atomic mass is 9.94. The van der Waals surface area contributed by atoms with Gasteiger partial charge < -0.3 is 30.9 Å². The zero-order chi connectivity index (χ0) is 17.9. The fraction of sp³-hybridized carbons (Fsp3) is 0.625. The SMILES string of the molecule is CSC1O[C@H]([C@H](N)[C@H](C)Sc2ccc(CO)cc2)C(O)[C@@H](O)[C@H]1O. The fourth-order valence-corrected chi connectivity index (χ4v) is 4.33. The van der Waals surface area contributed by atoms with Gasteiger partial charge in [0.2, 0.25) is 0 Å². The summed E-state index contributed by atoms with van der Waals surface area (Å²) in [5.74, 6) is 0. The molecule has 0 amide bonds. The molecule has 7 atom stereocenters. The number of nitrogens with two attached hydrogens (primary N) is 1. The van der Waals surface area contributed by atoms with Gasteiger partial charge >= 0.3 is 0 Å². The van der Waals surface area contributed by atoms with Crippen LogP contribution in [0.25, 0.3) is 0 Å². The van der Waals surface area contributed by atoms with Gasteiger partial charge in [-0.2, -0.15) is 0 Å². The summed E-state index contributed by atoms with van der Waals surface area (Å²) in [5.41, 5.74) is 6.47. The van der Waals surface area contributed by atoms with Crippen LogP contribution in [0.3, 0.4) is 0 Å². The number of rotatable bonds is 6. The highest BCUT2D eigenvalue weighted by atomic mass is 32.2. The molecule has 0 bridgehead atoms. The van der Waals surface area contributed by atoms with Crippen molar-refractivity contribution in [2.75, 3.05) is 6.26 Å². The number of aliphatic hydroxyl groups excluding tert-OH is 4. The van der Waals surface area contributed by atoms with Crippen molar-refractivity contribution >= 4 is 23.5 Å². The molecule has 1 heterocycles. The number of aliphatic hydroxyl groups is 4. The summed E-state index contributed by atoms with van der Waals surface area (Å²) in [7, 11) is 0. The van der Waals surface area contributed by atoms with Crippen LogP contribution in [0.15, 0.2) is 29.2 Å². The molecule has 0 aromatic heterocycles. The maximum atomic E-state index is 10.2. The smallest absolute Gasteiger partial charge is 0.132 e. The third kappa shape index (κ3) is 4.44. The van der Waals surface area contributed by atoms with Crippen molar-refractivity contribution in [3.05, 3.63) is 29.8 Å². The molecule has 1 aromatic rings. The maximum Gasteiger partial charge on any atom is 0.132 e. The number of hydrogen-bond acceptors (Lipinski definition) is 8. The van der Waals surface area contributed by atoms with Crippen LogP contribution in [-0.2, 0) is 11.3 Å². The molecule has 0 aliphatic carbocycles.